The summed E-state index contributed by atoms with van der Waals surface area (Å²) >= 11 is 0. The summed E-state index contributed by atoms with van der Waals surface area (Å²) in [5.41, 5.74) is 0. The van der Waals surface area contributed by atoms with Gasteiger partial charge in [-0.3, -0.25) is 0 Å². The van der Waals surface area contributed by atoms with Gasteiger partial charge in [-0.15, -0.1) is 0 Å². The summed E-state index contributed by atoms with van der Waals surface area (Å²) in [6.45, 7) is 4.87. The normalized spacial score (nSPS) is 17.5. The standard InChI is InChI=1S/C14H25N3O4S/c1-13-4-5-14(21-13)12-17(7-6-15(2)3)22(18,19)16-8-10-20-11-9-16/h4-5H,6-12H2,1-3H3. The van der Waals surface area contributed by atoms with E-state index in [9.17, 15) is 8.42 Å². The summed E-state index contributed by atoms with van der Waals surface area (Å²) in [7, 11) is 0.346. The first-order chi connectivity index (χ1) is 10.4. The van der Waals surface area contributed by atoms with E-state index in [4.69, 9.17) is 9.15 Å². The molecule has 0 radical (unpaired) electrons. The second-order valence-electron chi connectivity index (χ2n) is 5.67. The third-order valence-corrected chi connectivity index (χ3v) is 5.53. The van der Waals surface area contributed by atoms with Crippen LogP contribution in [0.25, 0.3) is 0 Å². The topological polar surface area (TPSA) is 66.2 Å². The number of likely N-dealkylation sites (N-methyl/N-ethyl adjacent to an activating group) is 1. The van der Waals surface area contributed by atoms with E-state index in [0.29, 0.717) is 45.2 Å². The van der Waals surface area contributed by atoms with Gasteiger partial charge in [-0.2, -0.15) is 17.0 Å². The van der Waals surface area contributed by atoms with E-state index in [1.54, 1.807) is 0 Å². The molecule has 1 aliphatic heterocycles. The molecule has 126 valence electrons. The maximum Gasteiger partial charge on any atom is 0.282 e. The van der Waals surface area contributed by atoms with Gasteiger partial charge in [0.2, 0.25) is 0 Å². The molecule has 0 N–H and O–H groups in total. The first-order valence-electron chi connectivity index (χ1n) is 7.42. The molecule has 8 heteroatoms. The molecule has 0 amide bonds. The van der Waals surface area contributed by atoms with Crippen molar-refractivity contribution in [3.8, 4) is 0 Å². The van der Waals surface area contributed by atoms with Crippen LogP contribution in [0.2, 0.25) is 0 Å². The fourth-order valence-electron chi connectivity index (χ4n) is 2.27. The summed E-state index contributed by atoms with van der Waals surface area (Å²) in [5.74, 6) is 1.44. The third kappa shape index (κ3) is 4.53. The zero-order valence-corrected chi connectivity index (χ0v) is 14.3. The van der Waals surface area contributed by atoms with Gasteiger partial charge in [0.15, 0.2) is 0 Å². The van der Waals surface area contributed by atoms with Gasteiger partial charge in [0.25, 0.3) is 10.2 Å². The van der Waals surface area contributed by atoms with E-state index in [0.717, 1.165) is 5.76 Å². The van der Waals surface area contributed by atoms with Crippen LogP contribution in [0.5, 0.6) is 0 Å². The van der Waals surface area contributed by atoms with Crippen LogP contribution in [0.1, 0.15) is 11.5 Å². The molecule has 0 bridgehead atoms. The van der Waals surface area contributed by atoms with E-state index in [2.05, 4.69) is 0 Å². The minimum Gasteiger partial charge on any atom is -0.465 e. The van der Waals surface area contributed by atoms with Gasteiger partial charge in [-0.1, -0.05) is 0 Å². The highest BCUT2D eigenvalue weighted by molar-refractivity contribution is 7.86. The third-order valence-electron chi connectivity index (χ3n) is 3.55. The Morgan fingerprint density at radius 2 is 1.86 bits per heavy atom. The fraction of sp³-hybridized carbons (Fsp3) is 0.714. The first-order valence-corrected chi connectivity index (χ1v) is 8.82. The van der Waals surface area contributed by atoms with E-state index in [1.165, 1.54) is 8.61 Å². The number of hydrogen-bond acceptors (Lipinski definition) is 5. The van der Waals surface area contributed by atoms with Crippen LogP contribution in [0.3, 0.4) is 0 Å². The minimum atomic E-state index is -3.51. The lowest BCUT2D eigenvalue weighted by Gasteiger charge is -2.32. The molecule has 1 aromatic heterocycles. The number of nitrogens with zero attached hydrogens (tertiary/aromatic N) is 3. The van der Waals surface area contributed by atoms with E-state index in [1.807, 2.05) is 38.1 Å². The summed E-state index contributed by atoms with van der Waals surface area (Å²) in [6.07, 6.45) is 0. The zero-order chi connectivity index (χ0) is 16.2. The first kappa shape index (κ1) is 17.4. The van der Waals surface area contributed by atoms with Crippen LogP contribution in [0.15, 0.2) is 16.5 Å². The zero-order valence-electron chi connectivity index (χ0n) is 13.5. The molecule has 1 fully saturated rings. The predicted molar refractivity (Wildman–Crippen MR) is 83.7 cm³/mol. The van der Waals surface area contributed by atoms with Gasteiger partial charge in [0.1, 0.15) is 11.5 Å². The molecule has 1 saturated heterocycles. The van der Waals surface area contributed by atoms with Crippen LogP contribution in [0, 0.1) is 6.92 Å². The quantitative estimate of drug-likeness (QED) is 0.729. The Labute approximate surface area is 132 Å². The maximum atomic E-state index is 12.8. The average Bonchev–Trinajstić information content (AvgIpc) is 2.89. The van der Waals surface area contributed by atoms with Crippen LogP contribution < -0.4 is 0 Å². The molecular weight excluding hydrogens is 306 g/mol. The SMILES string of the molecule is Cc1ccc(CN(CCN(C)C)S(=O)(=O)N2CCOCC2)o1. The Morgan fingerprint density at radius 3 is 2.41 bits per heavy atom. The number of rotatable bonds is 7. The second-order valence-corrected chi connectivity index (χ2v) is 7.60. The Morgan fingerprint density at radius 1 is 1.18 bits per heavy atom. The van der Waals surface area contributed by atoms with Crippen molar-refractivity contribution in [1.82, 2.24) is 13.5 Å². The predicted octanol–water partition coefficient (Wildman–Crippen LogP) is 0.529. The highest BCUT2D eigenvalue weighted by Gasteiger charge is 2.31. The Balaban J connectivity index is 2.14. The average molecular weight is 331 g/mol. The van der Waals surface area contributed by atoms with Crippen molar-refractivity contribution in [1.29, 1.82) is 0 Å². The van der Waals surface area contributed by atoms with Crippen molar-refractivity contribution in [3.05, 3.63) is 23.7 Å². The molecule has 0 saturated carbocycles. The molecule has 1 aliphatic rings. The lowest BCUT2D eigenvalue weighted by molar-refractivity contribution is 0.0697. The van der Waals surface area contributed by atoms with Crippen LogP contribution >= 0.6 is 0 Å². The number of morpholine rings is 1. The highest BCUT2D eigenvalue weighted by atomic mass is 32.2. The van der Waals surface area contributed by atoms with Crippen LogP contribution in [0.4, 0.5) is 0 Å². The number of ether oxygens (including phenoxy) is 1. The Kier molecular flexibility index (Phi) is 5.99. The minimum absolute atomic E-state index is 0.251. The smallest absolute Gasteiger partial charge is 0.282 e. The number of furan rings is 1. The molecule has 0 unspecified atom stereocenters. The van der Waals surface area contributed by atoms with Crippen LogP contribution in [-0.2, 0) is 21.5 Å². The molecule has 7 nitrogen and oxygen atoms in total. The molecule has 2 heterocycles. The van der Waals surface area contributed by atoms with E-state index in [-0.39, 0.29) is 6.54 Å². The summed E-state index contributed by atoms with van der Waals surface area (Å²) in [6, 6.07) is 3.67. The number of aryl methyl sites for hydroxylation is 1. The lowest BCUT2D eigenvalue weighted by atomic mass is 10.4. The van der Waals surface area contributed by atoms with Crippen LogP contribution in [-0.4, -0.2) is 75.4 Å². The maximum absolute atomic E-state index is 12.8. The van der Waals surface area contributed by atoms with Crippen molar-refractivity contribution in [2.24, 2.45) is 0 Å². The Hall–Kier alpha value is -0.930. The van der Waals surface area contributed by atoms with E-state index >= 15 is 0 Å². The van der Waals surface area contributed by atoms with Gasteiger partial charge >= 0.3 is 0 Å². The largest absolute Gasteiger partial charge is 0.465 e. The van der Waals surface area contributed by atoms with Gasteiger partial charge in [-0.05, 0) is 33.2 Å². The van der Waals surface area contributed by atoms with Gasteiger partial charge < -0.3 is 14.1 Å². The summed E-state index contributed by atoms with van der Waals surface area (Å²) < 4.78 is 39.4. The lowest BCUT2D eigenvalue weighted by Crippen LogP contribution is -2.49. The van der Waals surface area contributed by atoms with Crippen molar-refractivity contribution >= 4 is 10.2 Å². The van der Waals surface area contributed by atoms with Gasteiger partial charge in [-0.25, -0.2) is 0 Å². The molecule has 2 rings (SSSR count). The summed E-state index contributed by atoms with van der Waals surface area (Å²) in [5, 5.41) is 0. The number of hydrogen-bond donors (Lipinski definition) is 0. The summed E-state index contributed by atoms with van der Waals surface area (Å²) in [4.78, 5) is 1.97. The van der Waals surface area contributed by atoms with Gasteiger partial charge in [0.05, 0.1) is 19.8 Å². The van der Waals surface area contributed by atoms with Gasteiger partial charge in [0, 0.05) is 26.2 Å². The Bertz CT molecular complexity index is 564. The monoisotopic (exact) mass is 331 g/mol. The second kappa shape index (κ2) is 7.56. The fourth-order valence-corrected chi connectivity index (χ4v) is 3.81. The van der Waals surface area contributed by atoms with Crippen molar-refractivity contribution < 1.29 is 17.6 Å². The molecule has 22 heavy (non-hydrogen) atoms. The van der Waals surface area contributed by atoms with Crippen molar-refractivity contribution in [3.63, 3.8) is 0 Å². The molecule has 1 aromatic rings. The van der Waals surface area contributed by atoms with E-state index < -0.39 is 10.2 Å². The molecule has 0 aromatic carbocycles. The molecular formula is C14H25N3O4S. The van der Waals surface area contributed by atoms with Crippen molar-refractivity contribution in [2.45, 2.75) is 13.5 Å². The highest BCUT2D eigenvalue weighted by Crippen LogP contribution is 2.16. The molecule has 0 spiro atoms. The molecule has 0 atom stereocenters. The van der Waals surface area contributed by atoms with Crippen molar-refractivity contribution in [2.75, 3.05) is 53.5 Å². The molecule has 0 aliphatic carbocycles.